The molecule has 1 heterocycles. The molecule has 1 aliphatic rings. The highest BCUT2D eigenvalue weighted by atomic mass is 35.5. The number of sulfonamides is 1. The van der Waals surface area contributed by atoms with E-state index in [9.17, 15) is 8.42 Å². The van der Waals surface area contributed by atoms with Crippen LogP contribution in [0.5, 0.6) is 0 Å². The van der Waals surface area contributed by atoms with Gasteiger partial charge in [0.25, 0.3) is 0 Å². The monoisotopic (exact) mass is 358 g/mol. The van der Waals surface area contributed by atoms with Crippen molar-refractivity contribution in [2.45, 2.75) is 12.2 Å². The highest BCUT2D eigenvalue weighted by molar-refractivity contribution is 7.88. The second-order valence-electron chi connectivity index (χ2n) is 4.78. The molecule has 1 fully saturated rings. The zero-order valence-corrected chi connectivity index (χ0v) is 13.9. The average Bonchev–Trinajstić information content (AvgIpc) is 2.75. The van der Waals surface area contributed by atoms with Crippen LogP contribution in [0.1, 0.15) is 12.0 Å². The SMILES string of the molecule is Cl.NCC1CCN(S(=O)(=O)Cc2cc(Cl)cc(Cl)c2)C1. The third-order valence-corrected chi connectivity index (χ3v) is 5.50. The van der Waals surface area contributed by atoms with Gasteiger partial charge in [0.2, 0.25) is 10.0 Å². The highest BCUT2D eigenvalue weighted by Gasteiger charge is 2.30. The van der Waals surface area contributed by atoms with E-state index in [1.54, 1.807) is 18.2 Å². The molecule has 8 heteroatoms. The van der Waals surface area contributed by atoms with Gasteiger partial charge in [0, 0.05) is 23.1 Å². The van der Waals surface area contributed by atoms with Crippen molar-refractivity contribution in [1.82, 2.24) is 4.31 Å². The van der Waals surface area contributed by atoms with Crippen molar-refractivity contribution >= 4 is 45.6 Å². The predicted octanol–water partition coefficient (Wildman–Crippen LogP) is 2.53. The Kier molecular flexibility index (Phi) is 6.57. The van der Waals surface area contributed by atoms with Crippen LogP contribution >= 0.6 is 35.6 Å². The molecule has 0 spiro atoms. The van der Waals surface area contributed by atoms with Crippen molar-refractivity contribution in [3.8, 4) is 0 Å². The maximum Gasteiger partial charge on any atom is 0.218 e. The molecule has 4 nitrogen and oxygen atoms in total. The first-order chi connectivity index (χ1) is 8.90. The maximum atomic E-state index is 12.3. The Labute approximate surface area is 135 Å². The minimum absolute atomic E-state index is 0. The van der Waals surface area contributed by atoms with Crippen LogP contribution < -0.4 is 5.73 Å². The van der Waals surface area contributed by atoms with Crippen LogP contribution in [0.4, 0.5) is 0 Å². The van der Waals surface area contributed by atoms with E-state index in [4.69, 9.17) is 28.9 Å². The van der Waals surface area contributed by atoms with Gasteiger partial charge in [-0.25, -0.2) is 12.7 Å². The van der Waals surface area contributed by atoms with Crippen LogP contribution in [0.2, 0.25) is 10.0 Å². The fourth-order valence-corrected chi connectivity index (χ4v) is 4.40. The number of hydrogen-bond donors (Lipinski definition) is 1. The first-order valence-corrected chi connectivity index (χ1v) is 8.40. The Morgan fingerprint density at radius 3 is 2.35 bits per heavy atom. The first-order valence-electron chi connectivity index (χ1n) is 6.03. The minimum Gasteiger partial charge on any atom is -0.330 e. The van der Waals surface area contributed by atoms with Gasteiger partial charge >= 0.3 is 0 Å². The highest BCUT2D eigenvalue weighted by Crippen LogP contribution is 2.24. The number of hydrogen-bond acceptors (Lipinski definition) is 3. The normalized spacial score (nSPS) is 19.9. The molecule has 1 aromatic carbocycles. The summed E-state index contributed by atoms with van der Waals surface area (Å²) in [5.74, 6) is 0.183. The zero-order chi connectivity index (χ0) is 14.0. The van der Waals surface area contributed by atoms with Gasteiger partial charge in [-0.3, -0.25) is 0 Å². The van der Waals surface area contributed by atoms with E-state index in [0.717, 1.165) is 6.42 Å². The molecule has 114 valence electrons. The summed E-state index contributed by atoms with van der Waals surface area (Å²) in [6, 6.07) is 4.84. The van der Waals surface area contributed by atoms with Gasteiger partial charge in [-0.1, -0.05) is 23.2 Å². The summed E-state index contributed by atoms with van der Waals surface area (Å²) in [4.78, 5) is 0. The molecule has 1 atom stereocenters. The number of nitrogens with zero attached hydrogens (tertiary/aromatic N) is 1. The van der Waals surface area contributed by atoms with E-state index in [0.29, 0.717) is 35.2 Å². The number of halogens is 3. The lowest BCUT2D eigenvalue weighted by Crippen LogP contribution is -2.31. The molecule has 20 heavy (non-hydrogen) atoms. The van der Waals surface area contributed by atoms with E-state index in [1.807, 2.05) is 0 Å². The lowest BCUT2D eigenvalue weighted by molar-refractivity contribution is 0.458. The third-order valence-electron chi connectivity index (χ3n) is 3.25. The summed E-state index contributed by atoms with van der Waals surface area (Å²) in [5.41, 5.74) is 6.18. The molecule has 0 bridgehead atoms. The zero-order valence-electron chi connectivity index (χ0n) is 10.8. The fourth-order valence-electron chi connectivity index (χ4n) is 2.24. The number of benzene rings is 1. The van der Waals surface area contributed by atoms with E-state index in [2.05, 4.69) is 0 Å². The van der Waals surface area contributed by atoms with Gasteiger partial charge in [-0.2, -0.15) is 0 Å². The summed E-state index contributed by atoms with van der Waals surface area (Å²) >= 11 is 11.7. The first kappa shape index (κ1) is 18.0. The fraction of sp³-hybridized carbons (Fsp3) is 0.500. The summed E-state index contributed by atoms with van der Waals surface area (Å²) in [6.07, 6.45) is 0.825. The largest absolute Gasteiger partial charge is 0.330 e. The van der Waals surface area contributed by atoms with Crippen molar-refractivity contribution in [2.75, 3.05) is 19.6 Å². The molecule has 0 saturated carbocycles. The quantitative estimate of drug-likeness (QED) is 0.898. The molecule has 1 unspecified atom stereocenters. The minimum atomic E-state index is -3.33. The summed E-state index contributed by atoms with van der Waals surface area (Å²) in [5, 5.41) is 0.887. The van der Waals surface area contributed by atoms with Gasteiger partial charge in [-0.15, -0.1) is 12.4 Å². The van der Waals surface area contributed by atoms with Crippen LogP contribution in [-0.2, 0) is 15.8 Å². The van der Waals surface area contributed by atoms with Crippen LogP contribution in [-0.4, -0.2) is 32.4 Å². The van der Waals surface area contributed by atoms with Crippen LogP contribution in [0.3, 0.4) is 0 Å². The van der Waals surface area contributed by atoms with Crippen LogP contribution in [0.15, 0.2) is 18.2 Å². The molecule has 1 saturated heterocycles. The van der Waals surface area contributed by atoms with Crippen molar-refractivity contribution in [3.63, 3.8) is 0 Å². The van der Waals surface area contributed by atoms with Crippen molar-refractivity contribution in [3.05, 3.63) is 33.8 Å². The smallest absolute Gasteiger partial charge is 0.218 e. The Hall–Kier alpha value is -0.0400. The van der Waals surface area contributed by atoms with E-state index >= 15 is 0 Å². The molecule has 1 aromatic rings. The second kappa shape index (κ2) is 7.29. The topological polar surface area (TPSA) is 63.4 Å². The van der Waals surface area contributed by atoms with Crippen molar-refractivity contribution < 1.29 is 8.42 Å². The van der Waals surface area contributed by atoms with Gasteiger partial charge in [0.1, 0.15) is 0 Å². The molecular weight excluding hydrogens is 343 g/mol. The Bertz CT molecular complexity index is 546. The molecule has 0 aliphatic carbocycles. The number of rotatable bonds is 4. The van der Waals surface area contributed by atoms with Gasteiger partial charge < -0.3 is 5.73 Å². The molecule has 2 N–H and O–H groups in total. The van der Waals surface area contributed by atoms with E-state index in [-0.39, 0.29) is 24.1 Å². The van der Waals surface area contributed by atoms with Gasteiger partial charge in [0.05, 0.1) is 5.75 Å². The maximum absolute atomic E-state index is 12.3. The number of nitrogens with two attached hydrogens (primary N) is 1. The van der Waals surface area contributed by atoms with Gasteiger partial charge in [0.15, 0.2) is 0 Å². The van der Waals surface area contributed by atoms with Gasteiger partial charge in [-0.05, 0) is 42.6 Å². The summed E-state index contributed by atoms with van der Waals surface area (Å²) in [6.45, 7) is 1.57. The third kappa shape index (κ3) is 4.48. The Morgan fingerprint density at radius 2 is 1.85 bits per heavy atom. The molecule has 1 aliphatic heterocycles. The van der Waals surface area contributed by atoms with Crippen molar-refractivity contribution in [1.29, 1.82) is 0 Å². The van der Waals surface area contributed by atoms with E-state index < -0.39 is 10.0 Å². The lowest BCUT2D eigenvalue weighted by atomic mass is 10.1. The average molecular weight is 360 g/mol. The van der Waals surface area contributed by atoms with E-state index in [1.165, 1.54) is 4.31 Å². The standard InChI is InChI=1S/C12H16Cl2N2O2S.ClH/c13-11-3-10(4-12(14)5-11)8-19(17,18)16-2-1-9(6-15)7-16;/h3-5,9H,1-2,6-8,15H2;1H. The lowest BCUT2D eigenvalue weighted by Gasteiger charge is -2.16. The molecule has 0 amide bonds. The summed E-state index contributed by atoms with van der Waals surface area (Å²) in [7, 11) is -3.33. The molecule has 0 radical (unpaired) electrons. The summed E-state index contributed by atoms with van der Waals surface area (Å²) < 4.78 is 26.1. The van der Waals surface area contributed by atoms with Crippen LogP contribution in [0, 0.1) is 5.92 Å². The predicted molar refractivity (Wildman–Crippen MR) is 85.1 cm³/mol. The van der Waals surface area contributed by atoms with Crippen LogP contribution in [0.25, 0.3) is 0 Å². The Balaban J connectivity index is 0.00000200. The molecule has 0 aromatic heterocycles. The Morgan fingerprint density at radius 1 is 1.25 bits per heavy atom. The van der Waals surface area contributed by atoms with Crippen molar-refractivity contribution in [2.24, 2.45) is 11.7 Å². The second-order valence-corrected chi connectivity index (χ2v) is 7.62. The molecule has 2 rings (SSSR count). The molecular formula is C12H17Cl3N2O2S.